The second kappa shape index (κ2) is 7.11. The molecule has 2 amide bonds. The van der Waals surface area contributed by atoms with Gasteiger partial charge in [0.25, 0.3) is 0 Å². The summed E-state index contributed by atoms with van der Waals surface area (Å²) in [4.78, 5) is 22.9. The highest BCUT2D eigenvalue weighted by molar-refractivity contribution is 5.91. The fraction of sp³-hybridized carbons (Fsp3) is 0.500. The summed E-state index contributed by atoms with van der Waals surface area (Å²) in [5, 5.41) is 14.6. The smallest absolute Gasteiger partial charge is 0.319 e. The van der Waals surface area contributed by atoms with Crippen LogP contribution < -0.4 is 10.6 Å². The van der Waals surface area contributed by atoms with Gasteiger partial charge in [0.2, 0.25) is 0 Å². The first-order valence-corrected chi connectivity index (χ1v) is 7.43. The van der Waals surface area contributed by atoms with E-state index in [1.54, 1.807) is 24.3 Å². The Morgan fingerprint density at radius 2 is 1.95 bits per heavy atom. The largest absolute Gasteiger partial charge is 0.481 e. The molecule has 1 fully saturated rings. The molecule has 5 nitrogen and oxygen atoms in total. The number of hydrogen-bond acceptors (Lipinski definition) is 2. The number of carbonyl (C=O) groups is 2. The summed E-state index contributed by atoms with van der Waals surface area (Å²) < 4.78 is 0. The predicted molar refractivity (Wildman–Crippen MR) is 81.4 cm³/mol. The monoisotopic (exact) mass is 290 g/mol. The van der Waals surface area contributed by atoms with Crippen LogP contribution in [0.1, 0.15) is 38.2 Å². The molecule has 0 aliphatic heterocycles. The third kappa shape index (κ3) is 4.48. The van der Waals surface area contributed by atoms with Crippen LogP contribution in [-0.4, -0.2) is 23.1 Å². The number of urea groups is 1. The van der Waals surface area contributed by atoms with Crippen LogP contribution in [-0.2, 0) is 11.2 Å². The zero-order chi connectivity index (χ0) is 15.2. The van der Waals surface area contributed by atoms with Crippen molar-refractivity contribution >= 4 is 17.7 Å². The lowest BCUT2D eigenvalue weighted by atomic mass is 10.0. The maximum absolute atomic E-state index is 12.0. The van der Waals surface area contributed by atoms with Crippen molar-refractivity contribution in [3.8, 4) is 0 Å². The zero-order valence-corrected chi connectivity index (χ0v) is 12.3. The summed E-state index contributed by atoms with van der Waals surface area (Å²) in [6.07, 6.45) is 4.70. The third-order valence-corrected chi connectivity index (χ3v) is 4.07. The van der Waals surface area contributed by atoms with Gasteiger partial charge in [-0.05, 0) is 37.3 Å². The molecule has 5 heteroatoms. The molecule has 1 saturated carbocycles. The highest BCUT2D eigenvalue weighted by Crippen LogP contribution is 2.27. The molecule has 0 spiro atoms. The fourth-order valence-electron chi connectivity index (χ4n) is 2.90. The summed E-state index contributed by atoms with van der Waals surface area (Å²) >= 11 is 0. The topological polar surface area (TPSA) is 78.4 Å². The Hall–Kier alpha value is -2.04. The van der Waals surface area contributed by atoms with Crippen LogP contribution in [0.25, 0.3) is 0 Å². The minimum absolute atomic E-state index is 0.103. The van der Waals surface area contributed by atoms with E-state index >= 15 is 0 Å². The Morgan fingerprint density at radius 1 is 1.29 bits per heavy atom. The normalized spacial score (nSPS) is 16.4. The van der Waals surface area contributed by atoms with Crippen LogP contribution in [0.5, 0.6) is 0 Å². The molecule has 1 atom stereocenters. The van der Waals surface area contributed by atoms with Gasteiger partial charge in [0.1, 0.15) is 0 Å². The minimum Gasteiger partial charge on any atom is -0.481 e. The maximum Gasteiger partial charge on any atom is 0.319 e. The highest BCUT2D eigenvalue weighted by Gasteiger charge is 2.22. The van der Waals surface area contributed by atoms with Crippen LogP contribution >= 0.6 is 0 Å². The lowest BCUT2D eigenvalue weighted by Gasteiger charge is -2.21. The minimum atomic E-state index is -0.913. The summed E-state index contributed by atoms with van der Waals surface area (Å²) in [7, 11) is 0. The number of amides is 2. The second-order valence-electron chi connectivity index (χ2n) is 5.66. The van der Waals surface area contributed by atoms with Gasteiger partial charge in [-0.1, -0.05) is 31.0 Å². The molecule has 1 aliphatic carbocycles. The molecule has 0 heterocycles. The van der Waals surface area contributed by atoms with Crippen molar-refractivity contribution in [2.75, 3.05) is 5.32 Å². The van der Waals surface area contributed by atoms with E-state index < -0.39 is 5.97 Å². The van der Waals surface area contributed by atoms with E-state index in [4.69, 9.17) is 5.11 Å². The lowest BCUT2D eigenvalue weighted by Crippen LogP contribution is -2.40. The number of carboxylic acids is 1. The van der Waals surface area contributed by atoms with Gasteiger partial charge in [-0.25, -0.2) is 4.79 Å². The van der Waals surface area contributed by atoms with Crippen molar-refractivity contribution in [1.29, 1.82) is 0 Å². The van der Waals surface area contributed by atoms with Gasteiger partial charge in [-0.2, -0.15) is 0 Å². The van der Waals surface area contributed by atoms with E-state index in [0.717, 1.165) is 12.8 Å². The highest BCUT2D eigenvalue weighted by atomic mass is 16.4. The molecule has 2 rings (SSSR count). The zero-order valence-electron chi connectivity index (χ0n) is 12.3. The van der Waals surface area contributed by atoms with Crippen molar-refractivity contribution in [2.24, 2.45) is 5.92 Å². The van der Waals surface area contributed by atoms with E-state index in [2.05, 4.69) is 10.6 Å². The number of nitrogens with one attached hydrogen (secondary N) is 2. The van der Waals surface area contributed by atoms with Gasteiger partial charge >= 0.3 is 12.0 Å². The maximum atomic E-state index is 12.0. The van der Waals surface area contributed by atoms with E-state index in [1.807, 2.05) is 6.92 Å². The van der Waals surface area contributed by atoms with E-state index in [1.165, 1.54) is 12.8 Å². The SMILES string of the molecule is CC(NC(=O)Nc1ccccc1CC(=O)O)C1CCCC1. The molecule has 0 saturated heterocycles. The molecule has 0 bridgehead atoms. The molecule has 0 radical (unpaired) electrons. The van der Waals surface area contributed by atoms with Crippen molar-refractivity contribution < 1.29 is 14.7 Å². The van der Waals surface area contributed by atoms with E-state index in [0.29, 0.717) is 17.2 Å². The summed E-state index contributed by atoms with van der Waals surface area (Å²) in [6.45, 7) is 2.03. The molecule has 1 aliphatic rings. The Balaban J connectivity index is 1.94. The van der Waals surface area contributed by atoms with E-state index in [9.17, 15) is 9.59 Å². The number of rotatable bonds is 5. The first kappa shape index (κ1) is 15.4. The fourth-order valence-corrected chi connectivity index (χ4v) is 2.90. The number of hydrogen-bond donors (Lipinski definition) is 3. The molecule has 0 aromatic heterocycles. The van der Waals surface area contributed by atoms with Gasteiger partial charge < -0.3 is 15.7 Å². The molecule has 1 aromatic rings. The Labute approximate surface area is 124 Å². The molecule has 3 N–H and O–H groups in total. The first-order chi connectivity index (χ1) is 10.1. The molecular formula is C16H22N2O3. The van der Waals surface area contributed by atoms with Gasteiger partial charge in [0, 0.05) is 11.7 Å². The standard InChI is InChI=1S/C16H22N2O3/c1-11(12-6-2-3-7-12)17-16(21)18-14-9-5-4-8-13(14)10-15(19)20/h4-5,8-9,11-12H,2-3,6-7,10H2,1H3,(H,19,20)(H2,17,18,21). The molecule has 21 heavy (non-hydrogen) atoms. The molecular weight excluding hydrogens is 268 g/mol. The summed E-state index contributed by atoms with van der Waals surface area (Å²) in [5.74, 6) is -0.367. The Bertz CT molecular complexity index is 510. The summed E-state index contributed by atoms with van der Waals surface area (Å²) in [5.41, 5.74) is 1.16. The van der Waals surface area contributed by atoms with Gasteiger partial charge in [0.15, 0.2) is 0 Å². The average Bonchev–Trinajstić information content (AvgIpc) is 2.94. The van der Waals surface area contributed by atoms with Crippen molar-refractivity contribution in [3.05, 3.63) is 29.8 Å². The number of anilines is 1. The Kier molecular flexibility index (Phi) is 5.20. The van der Waals surface area contributed by atoms with Gasteiger partial charge in [-0.3, -0.25) is 4.79 Å². The average molecular weight is 290 g/mol. The number of benzene rings is 1. The lowest BCUT2D eigenvalue weighted by molar-refractivity contribution is -0.136. The van der Waals surface area contributed by atoms with Crippen LogP contribution in [0.15, 0.2) is 24.3 Å². The molecule has 1 aromatic carbocycles. The van der Waals surface area contributed by atoms with Gasteiger partial charge in [0.05, 0.1) is 6.42 Å². The number of para-hydroxylation sites is 1. The number of aliphatic carboxylic acids is 1. The summed E-state index contributed by atoms with van der Waals surface area (Å²) in [6, 6.07) is 6.85. The van der Waals surface area contributed by atoms with Crippen molar-refractivity contribution in [1.82, 2.24) is 5.32 Å². The quantitative estimate of drug-likeness (QED) is 0.780. The van der Waals surface area contributed by atoms with Crippen molar-refractivity contribution in [2.45, 2.75) is 45.1 Å². The number of carboxylic acid groups (broad SMARTS) is 1. The van der Waals surface area contributed by atoms with Crippen LogP contribution in [0.3, 0.4) is 0 Å². The van der Waals surface area contributed by atoms with Crippen LogP contribution in [0, 0.1) is 5.92 Å². The predicted octanol–water partition coefficient (Wildman–Crippen LogP) is 3.01. The Morgan fingerprint density at radius 3 is 2.62 bits per heavy atom. The van der Waals surface area contributed by atoms with E-state index in [-0.39, 0.29) is 18.5 Å². The first-order valence-electron chi connectivity index (χ1n) is 7.43. The third-order valence-electron chi connectivity index (χ3n) is 4.07. The second-order valence-corrected chi connectivity index (χ2v) is 5.66. The van der Waals surface area contributed by atoms with Crippen LogP contribution in [0.4, 0.5) is 10.5 Å². The molecule has 114 valence electrons. The van der Waals surface area contributed by atoms with Crippen molar-refractivity contribution in [3.63, 3.8) is 0 Å². The number of carbonyl (C=O) groups excluding carboxylic acids is 1. The van der Waals surface area contributed by atoms with Crippen LogP contribution in [0.2, 0.25) is 0 Å². The molecule has 1 unspecified atom stereocenters. The van der Waals surface area contributed by atoms with Gasteiger partial charge in [-0.15, -0.1) is 0 Å².